The predicted octanol–water partition coefficient (Wildman–Crippen LogP) is 8.64. The Morgan fingerprint density at radius 1 is 0.725 bits per heavy atom. The summed E-state index contributed by atoms with van der Waals surface area (Å²) >= 11 is 6.86. The van der Waals surface area contributed by atoms with Gasteiger partial charge in [0.05, 0.1) is 15.4 Å². The van der Waals surface area contributed by atoms with Crippen molar-refractivity contribution in [2.24, 2.45) is 0 Å². The number of benzene rings is 4. The van der Waals surface area contributed by atoms with Gasteiger partial charge in [-0.3, -0.25) is 20.2 Å². The minimum absolute atomic E-state index is 0.0185. The number of nitrogens with zero attached hydrogens (tertiary/aromatic N) is 2. The molecular weight excluding hydrogens is 615 g/mol. The second-order valence-corrected chi connectivity index (χ2v) is 10.8. The van der Waals surface area contributed by atoms with Crippen molar-refractivity contribution in [2.75, 3.05) is 0 Å². The number of thiophene rings is 2. The standard InChI is InChI=1S/C14H9NO2S.C8H5BrS.C6H5BNO4/c16-15(17)13-4-2-1-3-12(13)10-5-6-14-11(9-10)7-8-18-14;9-7-1-2-8-6(5-7)3-4-10-8;9-7-12-6-4-2-1-3-5(6)8(10)11/h1-9H;1-5H;1-4,9H. The average molecular weight is 634 g/mol. The van der Waals surface area contributed by atoms with Crippen molar-refractivity contribution in [1.82, 2.24) is 0 Å². The Balaban J connectivity index is 0.000000147. The summed E-state index contributed by atoms with van der Waals surface area (Å²) in [5.41, 5.74) is 1.51. The maximum Gasteiger partial charge on any atom is 0.569 e. The van der Waals surface area contributed by atoms with Crippen molar-refractivity contribution in [2.45, 2.75) is 0 Å². The molecule has 1 radical (unpaired) electrons. The molecule has 0 aliphatic rings. The number of rotatable bonds is 5. The van der Waals surface area contributed by atoms with E-state index in [1.807, 2.05) is 35.7 Å². The lowest BCUT2D eigenvalue weighted by atomic mass is 10.0. The second-order valence-electron chi connectivity index (χ2n) is 8.00. The highest BCUT2D eigenvalue weighted by molar-refractivity contribution is 9.10. The molecule has 2 aromatic heterocycles. The van der Waals surface area contributed by atoms with Crippen LogP contribution < -0.4 is 4.65 Å². The van der Waals surface area contributed by atoms with Crippen LogP contribution in [0.3, 0.4) is 0 Å². The van der Waals surface area contributed by atoms with Crippen LogP contribution in [-0.2, 0) is 0 Å². The Labute approximate surface area is 245 Å². The van der Waals surface area contributed by atoms with Crippen LogP contribution in [0, 0.1) is 20.2 Å². The number of halogens is 1. The fraction of sp³-hybridized carbons (Fsp3) is 0. The van der Waals surface area contributed by atoms with Gasteiger partial charge in [-0.15, -0.1) is 22.7 Å². The molecule has 1 N–H and O–H groups in total. The summed E-state index contributed by atoms with van der Waals surface area (Å²) in [5, 5.41) is 36.2. The van der Waals surface area contributed by atoms with Gasteiger partial charge >= 0.3 is 13.4 Å². The molecule has 0 aliphatic heterocycles. The summed E-state index contributed by atoms with van der Waals surface area (Å²) in [5.74, 6) is 0.0185. The third-order valence-corrected chi connectivity index (χ3v) is 7.81. The van der Waals surface area contributed by atoms with Crippen molar-refractivity contribution in [3.63, 3.8) is 0 Å². The van der Waals surface area contributed by atoms with Gasteiger partial charge in [-0.05, 0) is 81.7 Å². The molecule has 199 valence electrons. The Morgan fingerprint density at radius 2 is 1.30 bits per heavy atom. The average Bonchev–Trinajstić information content (AvgIpc) is 3.63. The molecule has 0 fully saturated rings. The zero-order chi connectivity index (χ0) is 28.5. The maximum atomic E-state index is 11.0. The molecule has 0 spiro atoms. The lowest BCUT2D eigenvalue weighted by molar-refractivity contribution is -0.385. The summed E-state index contributed by atoms with van der Waals surface area (Å²) < 4.78 is 8.18. The first kappa shape index (κ1) is 28.9. The summed E-state index contributed by atoms with van der Waals surface area (Å²) in [4.78, 5) is 20.4. The second kappa shape index (κ2) is 13.8. The molecule has 4 aromatic carbocycles. The third-order valence-electron chi connectivity index (χ3n) is 5.52. The Bertz CT molecular complexity index is 1770. The van der Waals surface area contributed by atoms with Gasteiger partial charge in [-0.25, -0.2) is 0 Å². The summed E-state index contributed by atoms with van der Waals surface area (Å²) in [6.45, 7) is 0. The van der Waals surface area contributed by atoms with Gasteiger partial charge in [0, 0.05) is 26.0 Å². The van der Waals surface area contributed by atoms with E-state index in [0.29, 0.717) is 13.2 Å². The number of nitro groups is 2. The van der Waals surface area contributed by atoms with Crippen molar-refractivity contribution in [1.29, 1.82) is 0 Å². The fourth-order valence-corrected chi connectivity index (χ4v) is 5.63. The molecule has 2 heterocycles. The number of fused-ring (bicyclic) bond motifs is 2. The topological polar surface area (TPSA) is 116 Å². The molecule has 12 heteroatoms. The van der Waals surface area contributed by atoms with Gasteiger partial charge in [0.1, 0.15) is 0 Å². The van der Waals surface area contributed by atoms with Crippen LogP contribution in [0.5, 0.6) is 5.75 Å². The molecule has 0 amide bonds. The van der Waals surface area contributed by atoms with E-state index in [1.165, 1.54) is 39.1 Å². The first-order valence-corrected chi connectivity index (χ1v) is 14.1. The van der Waals surface area contributed by atoms with E-state index in [2.05, 4.69) is 50.2 Å². The number of hydrogen-bond donors (Lipinski definition) is 1. The monoisotopic (exact) mass is 633 g/mol. The molecule has 0 bridgehead atoms. The number of para-hydroxylation sites is 3. The summed E-state index contributed by atoms with van der Waals surface area (Å²) in [6, 6.07) is 29.0. The van der Waals surface area contributed by atoms with Crippen molar-refractivity contribution in [3.8, 4) is 16.9 Å². The normalized spacial score (nSPS) is 10.2. The van der Waals surface area contributed by atoms with E-state index in [9.17, 15) is 20.2 Å². The van der Waals surface area contributed by atoms with E-state index in [4.69, 9.17) is 5.02 Å². The first-order chi connectivity index (χ1) is 19.4. The lowest BCUT2D eigenvalue weighted by Crippen LogP contribution is -2.02. The highest BCUT2D eigenvalue weighted by Crippen LogP contribution is 2.33. The first-order valence-electron chi connectivity index (χ1n) is 11.6. The highest BCUT2D eigenvalue weighted by atomic mass is 79.9. The molecule has 0 unspecified atom stereocenters. The molecule has 0 saturated carbocycles. The lowest BCUT2D eigenvalue weighted by Gasteiger charge is -2.03. The minimum Gasteiger partial charge on any atom is -0.533 e. The van der Waals surface area contributed by atoms with Gasteiger partial charge in [0.15, 0.2) is 5.75 Å². The van der Waals surface area contributed by atoms with Gasteiger partial charge in [-0.2, -0.15) is 0 Å². The number of hydrogen-bond acceptors (Lipinski definition) is 8. The zero-order valence-electron chi connectivity index (χ0n) is 20.5. The Kier molecular flexibility index (Phi) is 9.98. The van der Waals surface area contributed by atoms with Crippen LogP contribution in [0.25, 0.3) is 31.3 Å². The molecule has 6 rings (SSSR count). The minimum atomic E-state index is -0.584. The Morgan fingerprint density at radius 3 is 1.95 bits per heavy atom. The highest BCUT2D eigenvalue weighted by Gasteiger charge is 2.14. The van der Waals surface area contributed by atoms with E-state index < -0.39 is 4.92 Å². The van der Waals surface area contributed by atoms with Crippen molar-refractivity contribution in [3.05, 3.63) is 133 Å². The largest absolute Gasteiger partial charge is 0.569 e. The van der Waals surface area contributed by atoms with Crippen LogP contribution in [0.1, 0.15) is 0 Å². The van der Waals surface area contributed by atoms with E-state index in [0.717, 1.165) is 15.4 Å². The molecule has 40 heavy (non-hydrogen) atoms. The Hall–Kier alpha value is -4.10. The zero-order valence-corrected chi connectivity index (χ0v) is 23.8. The summed E-state index contributed by atoms with van der Waals surface area (Å²) in [6.07, 6.45) is 0. The SMILES string of the molecule is Brc1ccc2sccc2c1.O=[N+]([O-])c1ccccc1-c1ccc2sccc2c1.O=[N+]([O-])c1ccccc1O[B]O. The molecule has 6 aromatic rings. The van der Waals surface area contributed by atoms with Gasteiger partial charge in [0.25, 0.3) is 5.69 Å². The van der Waals surface area contributed by atoms with E-state index >= 15 is 0 Å². The van der Waals surface area contributed by atoms with Crippen LogP contribution in [0.4, 0.5) is 11.4 Å². The molecular formula is C28H19BBrN2O6S2. The molecule has 0 atom stereocenters. The molecule has 0 saturated heterocycles. The van der Waals surface area contributed by atoms with Crippen LogP contribution in [0.2, 0.25) is 0 Å². The third kappa shape index (κ3) is 7.30. The van der Waals surface area contributed by atoms with Gasteiger partial charge < -0.3 is 9.68 Å². The van der Waals surface area contributed by atoms with Crippen molar-refractivity contribution < 1.29 is 19.5 Å². The molecule has 8 nitrogen and oxygen atoms in total. The van der Waals surface area contributed by atoms with E-state index in [1.54, 1.807) is 40.9 Å². The smallest absolute Gasteiger partial charge is 0.533 e. The number of nitro benzene ring substituents is 2. The van der Waals surface area contributed by atoms with Crippen molar-refractivity contribution >= 4 is 77.8 Å². The fourth-order valence-electron chi connectivity index (χ4n) is 3.71. The maximum absolute atomic E-state index is 11.0. The predicted molar refractivity (Wildman–Crippen MR) is 165 cm³/mol. The quantitative estimate of drug-likeness (QED) is 0.115. The van der Waals surface area contributed by atoms with Crippen LogP contribution in [-0.4, -0.2) is 22.6 Å². The van der Waals surface area contributed by atoms with Crippen LogP contribution in [0.15, 0.2) is 112 Å². The van der Waals surface area contributed by atoms with Crippen LogP contribution >= 0.6 is 38.6 Å². The van der Waals surface area contributed by atoms with E-state index in [-0.39, 0.29) is 22.0 Å². The summed E-state index contributed by atoms with van der Waals surface area (Å²) in [7, 11) is 0.405. The van der Waals surface area contributed by atoms with Gasteiger partial charge in [-0.1, -0.05) is 46.3 Å². The molecule has 0 aliphatic carbocycles. The van der Waals surface area contributed by atoms with Gasteiger partial charge in [0.2, 0.25) is 0 Å².